The molecule has 1 aliphatic carbocycles. The van der Waals surface area contributed by atoms with Crippen LogP contribution in [0.3, 0.4) is 0 Å². The number of rotatable bonds is 6. The van der Waals surface area contributed by atoms with Crippen LogP contribution < -0.4 is 16.0 Å². The predicted molar refractivity (Wildman–Crippen MR) is 174 cm³/mol. The molecular weight excluding hydrogens is 512 g/mol. The van der Waals surface area contributed by atoms with Crippen molar-refractivity contribution in [2.24, 2.45) is 0 Å². The van der Waals surface area contributed by atoms with Gasteiger partial charge in [-0.15, -0.1) is 0 Å². The van der Waals surface area contributed by atoms with Gasteiger partial charge >= 0.3 is 0 Å². The Hall–Kier alpha value is -4.90. The highest BCUT2D eigenvalue weighted by Crippen LogP contribution is 2.45. The third-order valence-electron chi connectivity index (χ3n) is 9.11. The van der Waals surface area contributed by atoms with Gasteiger partial charge in [-0.2, -0.15) is 0 Å². The number of allylic oxidation sites excluding steroid dienone is 2. The van der Waals surface area contributed by atoms with Crippen molar-refractivity contribution in [3.8, 4) is 22.3 Å². The van der Waals surface area contributed by atoms with E-state index in [0.29, 0.717) is 6.04 Å². The summed E-state index contributed by atoms with van der Waals surface area (Å²) in [4.78, 5) is 0. The van der Waals surface area contributed by atoms with E-state index in [9.17, 15) is 0 Å². The van der Waals surface area contributed by atoms with Gasteiger partial charge in [0.05, 0.1) is 17.6 Å². The topological polar surface area (TPSA) is 50.9 Å². The largest absolute Gasteiger partial charge is 0.355 e. The first-order valence-corrected chi connectivity index (χ1v) is 14.7. The highest BCUT2D eigenvalue weighted by atomic mass is 15.4. The van der Waals surface area contributed by atoms with E-state index in [4.69, 9.17) is 0 Å². The first-order valence-electron chi connectivity index (χ1n) is 14.7. The van der Waals surface area contributed by atoms with Gasteiger partial charge in [-0.1, -0.05) is 91.0 Å². The molecule has 0 bridgehead atoms. The molecule has 1 fully saturated rings. The second-order valence-electron chi connectivity index (χ2n) is 11.6. The van der Waals surface area contributed by atoms with E-state index in [2.05, 4.69) is 154 Å². The van der Waals surface area contributed by atoms with Crippen molar-refractivity contribution >= 4 is 33.2 Å². The molecule has 1 saturated heterocycles. The van der Waals surface area contributed by atoms with Gasteiger partial charge in [0, 0.05) is 39.8 Å². The van der Waals surface area contributed by atoms with Gasteiger partial charge in [-0.25, -0.2) is 0 Å². The first kappa shape index (κ1) is 23.8. The maximum Gasteiger partial charge on any atom is 0.109 e. The SMILES string of the molecule is C1=CC2NC2(NC2Cn3c4ccc(-c5ccccc5Nc5ccccc5)cc4c4cc(-c5ccccc5)cc2c43)C=C1. The van der Waals surface area contributed by atoms with Gasteiger partial charge in [-0.05, 0) is 70.8 Å². The molecule has 3 atom stereocenters. The number of benzene rings is 5. The van der Waals surface area contributed by atoms with Crippen molar-refractivity contribution in [3.63, 3.8) is 0 Å². The number of fused-ring (bicyclic) bond motifs is 4. The van der Waals surface area contributed by atoms with Gasteiger partial charge < -0.3 is 9.88 Å². The lowest BCUT2D eigenvalue weighted by molar-refractivity contribution is 0.439. The molecule has 3 unspecified atom stereocenters. The number of hydrogen-bond donors (Lipinski definition) is 3. The predicted octanol–water partition coefficient (Wildman–Crippen LogP) is 8.31. The lowest BCUT2D eigenvalue weighted by Gasteiger charge is -2.22. The Morgan fingerprint density at radius 3 is 2.36 bits per heavy atom. The molecule has 3 aliphatic rings. The summed E-state index contributed by atoms with van der Waals surface area (Å²) < 4.78 is 2.53. The monoisotopic (exact) mass is 542 g/mol. The second-order valence-corrected chi connectivity index (χ2v) is 11.6. The average Bonchev–Trinajstić information content (AvgIpc) is 3.55. The number of hydrogen-bond acceptors (Lipinski definition) is 3. The van der Waals surface area contributed by atoms with Crippen LogP contribution in [0.15, 0.2) is 140 Å². The standard InChI is InChI=1S/C38H30N4/c1-3-11-25(12-4-1)27-22-31-30-21-26(29-15-7-8-16-33(29)39-28-13-5-2-6-14-28)18-19-35(30)42-24-34(32(23-27)37(31)42)40-38-20-10-9-17-36(38)41-38/h1-23,34,36,39-41H,24H2. The van der Waals surface area contributed by atoms with Crippen LogP contribution in [0.25, 0.3) is 44.1 Å². The molecule has 0 radical (unpaired) electrons. The Kier molecular flexibility index (Phi) is 5.12. The van der Waals surface area contributed by atoms with Crippen molar-refractivity contribution in [2.45, 2.75) is 24.3 Å². The molecule has 9 rings (SSSR count). The van der Waals surface area contributed by atoms with Crippen LogP contribution >= 0.6 is 0 Å². The van der Waals surface area contributed by atoms with Crippen molar-refractivity contribution in [2.75, 3.05) is 5.32 Å². The molecule has 0 saturated carbocycles. The molecule has 1 aromatic heterocycles. The fourth-order valence-electron chi connectivity index (χ4n) is 7.03. The van der Waals surface area contributed by atoms with E-state index in [0.717, 1.165) is 17.9 Å². The van der Waals surface area contributed by atoms with E-state index in [-0.39, 0.29) is 11.7 Å². The van der Waals surface area contributed by atoms with Crippen LogP contribution in [0.4, 0.5) is 11.4 Å². The minimum Gasteiger partial charge on any atom is -0.355 e. The Morgan fingerprint density at radius 2 is 1.50 bits per heavy atom. The zero-order valence-electron chi connectivity index (χ0n) is 23.1. The molecule has 3 heterocycles. The van der Waals surface area contributed by atoms with Crippen LogP contribution in [-0.4, -0.2) is 16.3 Å². The van der Waals surface area contributed by atoms with Gasteiger partial charge in [0.2, 0.25) is 0 Å². The molecule has 3 N–H and O–H groups in total. The summed E-state index contributed by atoms with van der Waals surface area (Å²) in [5.74, 6) is 0. The van der Waals surface area contributed by atoms with Gasteiger partial charge in [-0.3, -0.25) is 10.6 Å². The quantitative estimate of drug-likeness (QED) is 0.186. The normalized spacial score (nSPS) is 21.6. The fourth-order valence-corrected chi connectivity index (χ4v) is 7.03. The van der Waals surface area contributed by atoms with E-state index >= 15 is 0 Å². The maximum atomic E-state index is 3.99. The zero-order valence-corrected chi connectivity index (χ0v) is 23.1. The third kappa shape index (κ3) is 3.69. The smallest absolute Gasteiger partial charge is 0.109 e. The molecule has 0 amide bonds. The Balaban J connectivity index is 1.20. The minimum absolute atomic E-state index is 0.142. The van der Waals surface area contributed by atoms with E-state index < -0.39 is 0 Å². The van der Waals surface area contributed by atoms with Crippen molar-refractivity contribution in [1.29, 1.82) is 0 Å². The molecular formula is C38H30N4. The summed E-state index contributed by atoms with van der Waals surface area (Å²) in [7, 11) is 0. The van der Waals surface area contributed by atoms with Gasteiger partial charge in [0.1, 0.15) is 5.66 Å². The van der Waals surface area contributed by atoms with E-state index in [1.807, 2.05) is 6.07 Å². The Labute approximate surface area is 245 Å². The molecule has 6 aromatic rings. The lowest BCUT2D eigenvalue weighted by atomic mass is 9.95. The van der Waals surface area contributed by atoms with Crippen molar-refractivity contribution in [3.05, 3.63) is 145 Å². The summed E-state index contributed by atoms with van der Waals surface area (Å²) in [6.07, 6.45) is 8.81. The average molecular weight is 543 g/mol. The molecule has 0 spiro atoms. The second kappa shape index (κ2) is 9.05. The summed E-state index contributed by atoms with van der Waals surface area (Å²) >= 11 is 0. The van der Waals surface area contributed by atoms with Crippen LogP contribution in [-0.2, 0) is 6.54 Å². The highest BCUT2D eigenvalue weighted by molar-refractivity contribution is 6.12. The molecule has 2 aliphatic heterocycles. The first-order chi connectivity index (χ1) is 20.8. The Bertz CT molecular complexity index is 2050. The van der Waals surface area contributed by atoms with E-state index in [1.165, 1.54) is 49.6 Å². The molecule has 202 valence electrons. The van der Waals surface area contributed by atoms with Crippen LogP contribution in [0.1, 0.15) is 11.6 Å². The summed E-state index contributed by atoms with van der Waals surface area (Å²) in [5, 5.41) is 13.9. The van der Waals surface area contributed by atoms with Crippen LogP contribution in [0.2, 0.25) is 0 Å². The highest BCUT2D eigenvalue weighted by Gasteiger charge is 2.52. The number of para-hydroxylation sites is 2. The third-order valence-corrected chi connectivity index (χ3v) is 9.11. The maximum absolute atomic E-state index is 3.99. The van der Waals surface area contributed by atoms with Crippen molar-refractivity contribution in [1.82, 2.24) is 15.2 Å². The van der Waals surface area contributed by atoms with Gasteiger partial charge in [0.15, 0.2) is 0 Å². The Morgan fingerprint density at radius 1 is 0.714 bits per heavy atom. The van der Waals surface area contributed by atoms with Crippen LogP contribution in [0.5, 0.6) is 0 Å². The molecule has 4 nitrogen and oxygen atoms in total. The summed E-state index contributed by atoms with van der Waals surface area (Å²) in [5.41, 5.74) is 11.0. The fraction of sp³-hybridized carbons (Fsp3) is 0.105. The van der Waals surface area contributed by atoms with Crippen molar-refractivity contribution < 1.29 is 0 Å². The minimum atomic E-state index is -0.142. The number of nitrogens with one attached hydrogen (secondary N) is 3. The number of nitrogens with zero attached hydrogens (tertiary/aromatic N) is 1. The molecule has 42 heavy (non-hydrogen) atoms. The summed E-state index contributed by atoms with van der Waals surface area (Å²) in [6, 6.07) is 42.1. The zero-order chi connectivity index (χ0) is 27.7. The lowest BCUT2D eigenvalue weighted by Crippen LogP contribution is -2.39. The number of anilines is 2. The summed E-state index contributed by atoms with van der Waals surface area (Å²) in [6.45, 7) is 0.910. The molecule has 5 aromatic carbocycles. The van der Waals surface area contributed by atoms with Crippen LogP contribution in [0, 0.1) is 0 Å². The van der Waals surface area contributed by atoms with Gasteiger partial charge in [0.25, 0.3) is 0 Å². The number of aromatic nitrogens is 1. The molecule has 4 heteroatoms. The van der Waals surface area contributed by atoms with E-state index in [1.54, 1.807) is 0 Å².